The highest BCUT2D eigenvalue weighted by Crippen LogP contribution is 2.26. The molecule has 2 N–H and O–H groups in total. The molecule has 0 saturated carbocycles. The number of likely N-dealkylation sites (N-methyl/N-ethyl adjacent to an activating group) is 1. The second-order valence-electron chi connectivity index (χ2n) is 9.86. The van der Waals surface area contributed by atoms with Crippen LogP contribution in [0.3, 0.4) is 0 Å². The molecule has 3 heterocycles. The first-order valence-corrected chi connectivity index (χ1v) is 12.8. The maximum absolute atomic E-state index is 13.1. The molecule has 0 aliphatic carbocycles. The summed E-state index contributed by atoms with van der Waals surface area (Å²) in [7, 11) is 2.16. The minimum Gasteiger partial charge on any atom is -0.361 e. The molecular formula is C25H36N6OS. The largest absolute Gasteiger partial charge is 0.361 e. The number of aromatic nitrogens is 3. The van der Waals surface area contributed by atoms with Crippen LogP contribution < -0.4 is 10.2 Å². The molecule has 7 nitrogen and oxygen atoms in total. The van der Waals surface area contributed by atoms with E-state index >= 15 is 0 Å². The Kier molecular flexibility index (Phi) is 7.34. The lowest BCUT2D eigenvalue weighted by molar-refractivity contribution is 0.0932. The number of hydrogen-bond donors (Lipinski definition) is 2. The van der Waals surface area contributed by atoms with E-state index in [1.165, 1.54) is 22.3 Å². The van der Waals surface area contributed by atoms with E-state index in [-0.39, 0.29) is 11.9 Å². The Bertz CT molecular complexity index is 1060. The third kappa shape index (κ3) is 5.55. The van der Waals surface area contributed by atoms with Gasteiger partial charge in [0.15, 0.2) is 0 Å². The zero-order chi connectivity index (χ0) is 23.5. The SMILES string of the molecule is CC(C)CCC(Cc1c[nH]c2ccccc12)NC(=O)c1nnc(N2C[C@@H](C)N(C)[C@H](C)C2)s1. The molecule has 1 unspecified atom stereocenters. The van der Waals surface area contributed by atoms with E-state index in [9.17, 15) is 4.79 Å². The highest BCUT2D eigenvalue weighted by atomic mass is 32.1. The van der Waals surface area contributed by atoms with Crippen molar-refractivity contribution >= 4 is 33.3 Å². The lowest BCUT2D eigenvalue weighted by Gasteiger charge is -2.42. The molecule has 0 bridgehead atoms. The topological polar surface area (TPSA) is 77.1 Å². The smallest absolute Gasteiger partial charge is 0.282 e. The van der Waals surface area contributed by atoms with Crippen molar-refractivity contribution in [2.75, 3.05) is 25.0 Å². The van der Waals surface area contributed by atoms with Gasteiger partial charge in [0.25, 0.3) is 5.91 Å². The molecule has 4 rings (SSSR count). The van der Waals surface area contributed by atoms with Gasteiger partial charge in [-0.1, -0.05) is 43.4 Å². The fourth-order valence-corrected chi connectivity index (χ4v) is 5.33. The van der Waals surface area contributed by atoms with Crippen LogP contribution in [0.25, 0.3) is 10.9 Å². The van der Waals surface area contributed by atoms with Crippen molar-refractivity contribution in [3.05, 3.63) is 41.0 Å². The molecule has 0 spiro atoms. The van der Waals surface area contributed by atoms with Gasteiger partial charge in [0, 0.05) is 48.3 Å². The molecule has 0 radical (unpaired) electrons. The lowest BCUT2D eigenvalue weighted by atomic mass is 9.97. The number of nitrogens with zero attached hydrogens (tertiary/aromatic N) is 4. The van der Waals surface area contributed by atoms with Crippen molar-refractivity contribution in [1.29, 1.82) is 0 Å². The highest BCUT2D eigenvalue weighted by molar-refractivity contribution is 7.17. The van der Waals surface area contributed by atoms with Crippen molar-refractivity contribution in [3.63, 3.8) is 0 Å². The Morgan fingerprint density at radius 1 is 1.18 bits per heavy atom. The Labute approximate surface area is 200 Å². The number of nitrogens with one attached hydrogen (secondary N) is 2. The summed E-state index contributed by atoms with van der Waals surface area (Å²) in [5, 5.41) is 14.4. The molecule has 1 aliphatic heterocycles. The second kappa shape index (κ2) is 10.2. The monoisotopic (exact) mass is 468 g/mol. The van der Waals surface area contributed by atoms with Gasteiger partial charge in [0.1, 0.15) is 0 Å². The fraction of sp³-hybridized carbons (Fsp3) is 0.560. The van der Waals surface area contributed by atoms with Crippen molar-refractivity contribution in [2.45, 2.75) is 65.1 Å². The molecule has 3 aromatic rings. The third-order valence-electron chi connectivity index (χ3n) is 6.81. The van der Waals surface area contributed by atoms with Crippen LogP contribution in [0.15, 0.2) is 30.5 Å². The number of H-pyrrole nitrogens is 1. The lowest BCUT2D eigenvalue weighted by Crippen LogP contribution is -2.55. The van der Waals surface area contributed by atoms with Crippen LogP contribution in [0.5, 0.6) is 0 Å². The maximum atomic E-state index is 13.1. The van der Waals surface area contributed by atoms with E-state index in [0.29, 0.717) is 23.0 Å². The molecule has 1 fully saturated rings. The molecule has 33 heavy (non-hydrogen) atoms. The summed E-state index contributed by atoms with van der Waals surface area (Å²) in [4.78, 5) is 21.1. The first-order valence-electron chi connectivity index (χ1n) is 12.0. The number of piperazine rings is 1. The summed E-state index contributed by atoms with van der Waals surface area (Å²) in [6.45, 7) is 10.7. The number of para-hydroxylation sites is 1. The highest BCUT2D eigenvalue weighted by Gasteiger charge is 2.29. The predicted octanol–water partition coefficient (Wildman–Crippen LogP) is 4.33. The van der Waals surface area contributed by atoms with Gasteiger partial charge in [-0.25, -0.2) is 0 Å². The van der Waals surface area contributed by atoms with E-state index in [2.05, 4.69) is 89.4 Å². The zero-order valence-electron chi connectivity index (χ0n) is 20.3. The van der Waals surface area contributed by atoms with Crippen molar-refractivity contribution in [3.8, 4) is 0 Å². The quantitative estimate of drug-likeness (QED) is 0.515. The van der Waals surface area contributed by atoms with Gasteiger partial charge < -0.3 is 15.2 Å². The van der Waals surface area contributed by atoms with E-state index in [0.717, 1.165) is 43.0 Å². The average molecular weight is 469 g/mol. The molecule has 8 heteroatoms. The summed E-state index contributed by atoms with van der Waals surface area (Å²) in [6.07, 6.45) is 4.85. The van der Waals surface area contributed by atoms with Gasteiger partial charge >= 0.3 is 0 Å². The molecular weight excluding hydrogens is 432 g/mol. The normalized spacial score (nSPS) is 20.5. The molecule has 1 aliphatic rings. The van der Waals surface area contributed by atoms with Crippen LogP contribution in [-0.4, -0.2) is 64.3 Å². The van der Waals surface area contributed by atoms with Crippen LogP contribution in [0.2, 0.25) is 0 Å². The number of hydrogen-bond acceptors (Lipinski definition) is 6. The Morgan fingerprint density at radius 2 is 1.91 bits per heavy atom. The van der Waals surface area contributed by atoms with E-state index in [1.807, 2.05) is 6.07 Å². The maximum Gasteiger partial charge on any atom is 0.282 e. The number of carbonyl (C=O) groups is 1. The number of aromatic amines is 1. The van der Waals surface area contributed by atoms with Gasteiger partial charge in [0.2, 0.25) is 10.1 Å². The summed E-state index contributed by atoms with van der Waals surface area (Å²) < 4.78 is 0. The van der Waals surface area contributed by atoms with Gasteiger partial charge in [-0.05, 0) is 57.7 Å². The van der Waals surface area contributed by atoms with Crippen LogP contribution in [0.1, 0.15) is 55.9 Å². The molecule has 3 atom stereocenters. The minimum atomic E-state index is -0.123. The van der Waals surface area contributed by atoms with Crippen LogP contribution in [0.4, 0.5) is 5.13 Å². The average Bonchev–Trinajstić information content (AvgIpc) is 3.43. The molecule has 1 aromatic carbocycles. The number of rotatable bonds is 8. The summed E-state index contributed by atoms with van der Waals surface area (Å²) in [5.74, 6) is 0.462. The number of anilines is 1. The van der Waals surface area contributed by atoms with Gasteiger partial charge in [-0.15, -0.1) is 10.2 Å². The van der Waals surface area contributed by atoms with Crippen molar-refractivity contribution in [2.24, 2.45) is 5.92 Å². The van der Waals surface area contributed by atoms with Crippen LogP contribution in [0, 0.1) is 5.92 Å². The number of carbonyl (C=O) groups excluding carboxylic acids is 1. The van der Waals surface area contributed by atoms with Crippen LogP contribution >= 0.6 is 11.3 Å². The number of fused-ring (bicyclic) bond motifs is 1. The van der Waals surface area contributed by atoms with Gasteiger partial charge in [-0.2, -0.15) is 0 Å². The molecule has 1 amide bonds. The predicted molar refractivity (Wildman–Crippen MR) is 136 cm³/mol. The molecule has 178 valence electrons. The zero-order valence-corrected chi connectivity index (χ0v) is 21.2. The standard InChI is InChI=1S/C25H36N6OS/c1-16(2)10-11-20(12-19-13-26-22-9-7-6-8-21(19)22)27-23(32)24-28-29-25(33-24)31-14-17(3)30(5)18(4)15-31/h6-9,13,16-18,20,26H,10-12,14-15H2,1-5H3,(H,27,32)/t17-,18-,20?/m1/s1. The van der Waals surface area contributed by atoms with Crippen LogP contribution in [-0.2, 0) is 6.42 Å². The summed E-state index contributed by atoms with van der Waals surface area (Å²) in [5.41, 5.74) is 2.36. The van der Waals surface area contributed by atoms with Gasteiger partial charge in [0.05, 0.1) is 0 Å². The van der Waals surface area contributed by atoms with Gasteiger partial charge in [-0.3, -0.25) is 9.69 Å². The third-order valence-corrected chi connectivity index (χ3v) is 7.79. The first kappa shape index (κ1) is 23.7. The second-order valence-corrected chi connectivity index (χ2v) is 10.8. The summed E-state index contributed by atoms with van der Waals surface area (Å²) in [6, 6.07) is 9.24. The van der Waals surface area contributed by atoms with Crippen molar-refractivity contribution in [1.82, 2.24) is 25.4 Å². The molecule has 2 aromatic heterocycles. The molecule has 1 saturated heterocycles. The summed E-state index contributed by atoms with van der Waals surface area (Å²) >= 11 is 1.40. The van der Waals surface area contributed by atoms with E-state index < -0.39 is 0 Å². The Morgan fingerprint density at radius 3 is 2.64 bits per heavy atom. The van der Waals surface area contributed by atoms with E-state index in [1.54, 1.807) is 0 Å². The Balaban J connectivity index is 1.45. The first-order chi connectivity index (χ1) is 15.8. The minimum absolute atomic E-state index is 0.0511. The number of amides is 1. The number of benzene rings is 1. The van der Waals surface area contributed by atoms with E-state index in [4.69, 9.17) is 0 Å². The Hall–Kier alpha value is -2.45. The van der Waals surface area contributed by atoms with Crippen molar-refractivity contribution < 1.29 is 4.79 Å². The fourth-order valence-electron chi connectivity index (χ4n) is 4.57.